The summed E-state index contributed by atoms with van der Waals surface area (Å²) in [6.45, 7) is 2.23. The summed E-state index contributed by atoms with van der Waals surface area (Å²) < 4.78 is 0. The molecule has 0 aliphatic rings. The van der Waals surface area contributed by atoms with Crippen molar-refractivity contribution in [3.8, 4) is 0 Å². The molecule has 114 valence electrons. The molecule has 0 aromatic rings. The van der Waals surface area contributed by atoms with Gasteiger partial charge in [0, 0.05) is 6.42 Å². The fourth-order valence-electron chi connectivity index (χ4n) is 1.83. The third kappa shape index (κ3) is 16.7. The highest BCUT2D eigenvalue weighted by Gasteiger charge is 1.93. The van der Waals surface area contributed by atoms with Gasteiger partial charge in [0.05, 0.1) is 0 Å². The van der Waals surface area contributed by atoms with Gasteiger partial charge in [-0.3, -0.25) is 4.79 Å². The summed E-state index contributed by atoms with van der Waals surface area (Å²) in [4.78, 5) is 10.3. The summed E-state index contributed by atoms with van der Waals surface area (Å²) in [5, 5.41) is 8.48. The second kappa shape index (κ2) is 15.7. The molecule has 20 heavy (non-hydrogen) atoms. The number of carbonyl (C=O) groups is 1. The minimum atomic E-state index is -0.698. The molecule has 0 bridgehead atoms. The first kappa shape index (κ1) is 18.7. The van der Waals surface area contributed by atoms with Gasteiger partial charge in [-0.15, -0.1) is 0 Å². The van der Waals surface area contributed by atoms with Gasteiger partial charge in [0.2, 0.25) is 0 Å². The first-order chi connectivity index (χ1) is 9.77. The number of carboxylic acid groups (broad SMARTS) is 1. The summed E-state index contributed by atoms with van der Waals surface area (Å²) in [6, 6.07) is 0. The molecule has 2 nitrogen and oxygen atoms in total. The van der Waals surface area contributed by atoms with Crippen LogP contribution in [0.3, 0.4) is 0 Å². The molecule has 0 atom stereocenters. The van der Waals surface area contributed by atoms with E-state index in [-0.39, 0.29) is 6.42 Å². The zero-order chi connectivity index (χ0) is 14.9. The van der Waals surface area contributed by atoms with Crippen molar-refractivity contribution in [3.05, 3.63) is 36.5 Å². The van der Waals surface area contributed by atoms with Gasteiger partial charge < -0.3 is 5.11 Å². The van der Waals surface area contributed by atoms with Gasteiger partial charge in [-0.05, 0) is 44.9 Å². The monoisotopic (exact) mass is 278 g/mol. The lowest BCUT2D eigenvalue weighted by atomic mass is 10.2. The Morgan fingerprint density at radius 3 is 2.05 bits per heavy atom. The summed E-state index contributed by atoms with van der Waals surface area (Å²) in [7, 11) is 0. The van der Waals surface area contributed by atoms with Gasteiger partial charge in [-0.2, -0.15) is 0 Å². The fourth-order valence-corrected chi connectivity index (χ4v) is 1.83. The number of aliphatic carboxylic acids is 1. The molecule has 0 saturated carbocycles. The molecule has 0 saturated heterocycles. The maximum absolute atomic E-state index is 10.3. The Hall–Kier alpha value is -1.31. The van der Waals surface area contributed by atoms with Crippen LogP contribution in [0.2, 0.25) is 0 Å². The molecular weight excluding hydrogens is 248 g/mol. The minimum Gasteiger partial charge on any atom is -0.481 e. The molecule has 2 heteroatoms. The molecule has 0 amide bonds. The molecule has 0 radical (unpaired) electrons. The van der Waals surface area contributed by atoms with Gasteiger partial charge in [0.1, 0.15) is 0 Å². The highest BCUT2D eigenvalue weighted by atomic mass is 16.4. The third-order valence-corrected chi connectivity index (χ3v) is 3.04. The van der Waals surface area contributed by atoms with Crippen molar-refractivity contribution in [2.45, 2.75) is 71.1 Å². The van der Waals surface area contributed by atoms with Crippen molar-refractivity contribution in [2.75, 3.05) is 0 Å². The van der Waals surface area contributed by atoms with Crippen molar-refractivity contribution < 1.29 is 9.90 Å². The molecule has 0 aromatic carbocycles. The van der Waals surface area contributed by atoms with Crippen molar-refractivity contribution in [1.29, 1.82) is 0 Å². The van der Waals surface area contributed by atoms with E-state index in [1.807, 2.05) is 0 Å². The molecule has 0 rings (SSSR count). The maximum atomic E-state index is 10.3. The zero-order valence-corrected chi connectivity index (χ0v) is 12.9. The zero-order valence-electron chi connectivity index (χ0n) is 12.9. The average molecular weight is 278 g/mol. The van der Waals surface area contributed by atoms with Crippen LogP contribution in [0.25, 0.3) is 0 Å². The molecule has 1 N–H and O–H groups in total. The van der Waals surface area contributed by atoms with Gasteiger partial charge in [0.15, 0.2) is 0 Å². The van der Waals surface area contributed by atoms with Crippen molar-refractivity contribution in [3.63, 3.8) is 0 Å². The molecular formula is C18H30O2. The lowest BCUT2D eigenvalue weighted by Crippen LogP contribution is -1.92. The fraction of sp³-hybridized carbons (Fsp3) is 0.611. The second-order valence-electron chi connectivity index (χ2n) is 5.04. The normalized spacial score (nSPS) is 12.1. The summed E-state index contributed by atoms with van der Waals surface area (Å²) in [5.74, 6) is -0.698. The van der Waals surface area contributed by atoms with Gasteiger partial charge in [-0.1, -0.05) is 56.2 Å². The Morgan fingerprint density at radius 2 is 1.35 bits per heavy atom. The lowest BCUT2D eigenvalue weighted by molar-refractivity contribution is -0.137. The van der Waals surface area contributed by atoms with Crippen molar-refractivity contribution in [1.82, 2.24) is 0 Å². The quantitative estimate of drug-likeness (QED) is 0.268. The Balaban J connectivity index is 3.32. The van der Waals surface area contributed by atoms with Crippen LogP contribution in [0, 0.1) is 0 Å². The smallest absolute Gasteiger partial charge is 0.303 e. The molecule has 0 aromatic heterocycles. The molecule has 0 heterocycles. The SMILES string of the molecule is CCCCC/C=C\CC/C=C/C=C\CCCCC(=O)O. The number of rotatable bonds is 13. The van der Waals surface area contributed by atoms with Crippen LogP contribution in [0.5, 0.6) is 0 Å². The van der Waals surface area contributed by atoms with E-state index in [1.54, 1.807) is 0 Å². The van der Waals surface area contributed by atoms with Crippen molar-refractivity contribution >= 4 is 5.97 Å². The number of unbranched alkanes of at least 4 members (excludes halogenated alkanes) is 6. The Bertz CT molecular complexity index is 301. The van der Waals surface area contributed by atoms with Crippen molar-refractivity contribution in [2.24, 2.45) is 0 Å². The van der Waals surface area contributed by atoms with Crippen LogP contribution in [0.4, 0.5) is 0 Å². The second-order valence-corrected chi connectivity index (χ2v) is 5.04. The topological polar surface area (TPSA) is 37.3 Å². The van der Waals surface area contributed by atoms with E-state index in [1.165, 1.54) is 25.7 Å². The van der Waals surface area contributed by atoms with E-state index in [4.69, 9.17) is 5.11 Å². The molecule has 0 aliphatic carbocycles. The maximum Gasteiger partial charge on any atom is 0.303 e. The molecule has 0 aliphatic heterocycles. The van der Waals surface area contributed by atoms with Crippen LogP contribution in [-0.4, -0.2) is 11.1 Å². The van der Waals surface area contributed by atoms with Crippen LogP contribution < -0.4 is 0 Å². The Labute approximate surface area is 124 Å². The van der Waals surface area contributed by atoms with Gasteiger partial charge in [0.25, 0.3) is 0 Å². The number of carboxylic acids is 1. The van der Waals surface area contributed by atoms with Crippen LogP contribution >= 0.6 is 0 Å². The largest absolute Gasteiger partial charge is 0.481 e. The van der Waals surface area contributed by atoms with E-state index in [0.717, 1.165) is 32.1 Å². The minimum absolute atomic E-state index is 0.286. The average Bonchev–Trinajstić information content (AvgIpc) is 2.43. The number of allylic oxidation sites excluding steroid dienone is 6. The van der Waals surface area contributed by atoms with E-state index >= 15 is 0 Å². The number of hydrogen-bond donors (Lipinski definition) is 1. The predicted octanol–water partition coefficient (Wildman–Crippen LogP) is 5.66. The first-order valence-electron chi connectivity index (χ1n) is 7.95. The van der Waals surface area contributed by atoms with E-state index in [2.05, 4.69) is 43.4 Å². The van der Waals surface area contributed by atoms with E-state index in [0.29, 0.717) is 0 Å². The molecule has 0 fully saturated rings. The van der Waals surface area contributed by atoms with E-state index in [9.17, 15) is 4.79 Å². The van der Waals surface area contributed by atoms with Gasteiger partial charge >= 0.3 is 5.97 Å². The predicted molar refractivity (Wildman–Crippen MR) is 86.9 cm³/mol. The van der Waals surface area contributed by atoms with E-state index < -0.39 is 5.97 Å². The van der Waals surface area contributed by atoms with Gasteiger partial charge in [-0.25, -0.2) is 0 Å². The van der Waals surface area contributed by atoms with Crippen LogP contribution in [-0.2, 0) is 4.79 Å². The Kier molecular flexibility index (Phi) is 14.7. The molecule has 0 unspecified atom stereocenters. The first-order valence-corrected chi connectivity index (χ1v) is 7.95. The standard InChI is InChI=1S/C18H30O2/c1-2-3-4-5-6-7-8-9-10-11-12-13-14-15-16-17-18(19)20/h6-7,10-13H,2-5,8-9,14-17H2,1H3,(H,19,20)/b7-6-,11-10+,13-12-. The Morgan fingerprint density at radius 1 is 0.800 bits per heavy atom. The molecule has 0 spiro atoms. The summed E-state index contributed by atoms with van der Waals surface area (Å²) in [6.07, 6.45) is 23.4. The van der Waals surface area contributed by atoms with Crippen LogP contribution in [0.15, 0.2) is 36.5 Å². The highest BCUT2D eigenvalue weighted by molar-refractivity contribution is 5.66. The number of hydrogen-bond acceptors (Lipinski definition) is 1. The summed E-state index contributed by atoms with van der Waals surface area (Å²) in [5.41, 5.74) is 0. The van der Waals surface area contributed by atoms with Crippen LogP contribution in [0.1, 0.15) is 71.1 Å². The lowest BCUT2D eigenvalue weighted by Gasteiger charge is -1.92. The summed E-state index contributed by atoms with van der Waals surface area (Å²) >= 11 is 0. The third-order valence-electron chi connectivity index (χ3n) is 3.04. The highest BCUT2D eigenvalue weighted by Crippen LogP contribution is 2.02.